The van der Waals surface area contributed by atoms with Crippen LogP contribution in [-0.4, -0.2) is 49.6 Å². The molecule has 4 nitrogen and oxygen atoms in total. The fourth-order valence-corrected chi connectivity index (χ4v) is 4.08. The van der Waals surface area contributed by atoms with E-state index in [0.29, 0.717) is 5.92 Å². The van der Waals surface area contributed by atoms with E-state index in [1.165, 1.54) is 24.9 Å². The summed E-state index contributed by atoms with van der Waals surface area (Å²) in [4.78, 5) is 17.4. The number of hydrogen-bond acceptors (Lipinski definition) is 3. The summed E-state index contributed by atoms with van der Waals surface area (Å²) in [7, 11) is 0. The van der Waals surface area contributed by atoms with Gasteiger partial charge in [-0.15, -0.1) is 0 Å². The van der Waals surface area contributed by atoms with Crippen LogP contribution in [-0.2, 0) is 4.79 Å². The number of benzene rings is 1. The molecule has 0 aliphatic carbocycles. The summed E-state index contributed by atoms with van der Waals surface area (Å²) in [5, 5.41) is 3.25. The van der Waals surface area contributed by atoms with Gasteiger partial charge in [-0.3, -0.25) is 9.69 Å². The van der Waals surface area contributed by atoms with Crippen LogP contribution in [0.1, 0.15) is 39.0 Å². The smallest absolute Gasteiger partial charge is 0.237 e. The third kappa shape index (κ3) is 4.29. The van der Waals surface area contributed by atoms with Gasteiger partial charge in [0.25, 0.3) is 0 Å². The summed E-state index contributed by atoms with van der Waals surface area (Å²) >= 11 is 0. The molecule has 3 rings (SSSR count). The minimum atomic E-state index is 0.102. The van der Waals surface area contributed by atoms with Gasteiger partial charge in [0.15, 0.2) is 0 Å². The molecule has 0 radical (unpaired) electrons. The molecule has 24 heavy (non-hydrogen) atoms. The highest BCUT2D eigenvalue weighted by Crippen LogP contribution is 2.23. The van der Waals surface area contributed by atoms with Gasteiger partial charge in [-0.05, 0) is 56.8 Å². The maximum atomic E-state index is 12.6. The first-order valence-corrected chi connectivity index (χ1v) is 9.59. The van der Waals surface area contributed by atoms with Crippen molar-refractivity contribution in [3.63, 3.8) is 0 Å². The van der Waals surface area contributed by atoms with Gasteiger partial charge < -0.3 is 10.2 Å². The largest absolute Gasteiger partial charge is 0.371 e. The Hall–Kier alpha value is -1.55. The number of carbonyl (C=O) groups is 1. The van der Waals surface area contributed by atoms with E-state index in [-0.39, 0.29) is 11.9 Å². The first-order chi connectivity index (χ1) is 11.8. The molecule has 0 saturated carbocycles. The molecule has 2 fully saturated rings. The van der Waals surface area contributed by atoms with Crippen LogP contribution < -0.4 is 10.2 Å². The van der Waals surface area contributed by atoms with Crippen LogP contribution in [0.5, 0.6) is 0 Å². The average molecular weight is 329 g/mol. The van der Waals surface area contributed by atoms with E-state index < -0.39 is 0 Å². The Kier molecular flexibility index (Phi) is 6.13. The molecular formula is C20H31N3O. The zero-order valence-corrected chi connectivity index (χ0v) is 14.9. The van der Waals surface area contributed by atoms with E-state index >= 15 is 0 Å². The molecule has 0 spiro atoms. The highest BCUT2D eigenvalue weighted by molar-refractivity contribution is 5.81. The summed E-state index contributed by atoms with van der Waals surface area (Å²) in [5.41, 5.74) is 1.30. The first-order valence-electron chi connectivity index (χ1n) is 9.59. The lowest BCUT2D eigenvalue weighted by Gasteiger charge is -2.34. The van der Waals surface area contributed by atoms with Crippen LogP contribution in [0.4, 0.5) is 5.69 Å². The predicted molar refractivity (Wildman–Crippen MR) is 99.3 cm³/mol. The van der Waals surface area contributed by atoms with Crippen LogP contribution in [0.15, 0.2) is 30.3 Å². The first kappa shape index (κ1) is 17.3. The number of carbonyl (C=O) groups excluding carboxylic acids is 1. The number of hydrogen-bond donors (Lipinski definition) is 1. The van der Waals surface area contributed by atoms with Crippen LogP contribution in [0.25, 0.3) is 0 Å². The van der Waals surface area contributed by atoms with Gasteiger partial charge >= 0.3 is 0 Å². The number of likely N-dealkylation sites (tertiary alicyclic amines) is 1. The van der Waals surface area contributed by atoms with E-state index in [1.54, 1.807) is 0 Å². The topological polar surface area (TPSA) is 35.6 Å². The molecule has 1 aromatic rings. The van der Waals surface area contributed by atoms with E-state index in [0.717, 1.165) is 45.6 Å². The predicted octanol–water partition coefficient (Wildman–Crippen LogP) is 2.89. The van der Waals surface area contributed by atoms with Crippen molar-refractivity contribution >= 4 is 11.6 Å². The van der Waals surface area contributed by atoms with E-state index in [9.17, 15) is 4.79 Å². The van der Waals surface area contributed by atoms with Gasteiger partial charge in [-0.25, -0.2) is 0 Å². The third-order valence-electron chi connectivity index (χ3n) is 5.40. The number of nitrogens with zero attached hydrogens (tertiary/aromatic N) is 2. The van der Waals surface area contributed by atoms with Crippen molar-refractivity contribution in [2.45, 2.75) is 45.1 Å². The molecule has 132 valence electrons. The van der Waals surface area contributed by atoms with E-state index in [2.05, 4.69) is 52.4 Å². The Labute approximate surface area is 146 Å². The maximum absolute atomic E-state index is 12.6. The molecule has 4 heteroatoms. The molecule has 2 heterocycles. The van der Waals surface area contributed by atoms with Gasteiger partial charge in [-0.1, -0.05) is 31.5 Å². The van der Waals surface area contributed by atoms with Gasteiger partial charge in [0.05, 0.1) is 6.04 Å². The second kappa shape index (κ2) is 8.52. The van der Waals surface area contributed by atoms with Crippen molar-refractivity contribution in [3.8, 4) is 0 Å². The van der Waals surface area contributed by atoms with Gasteiger partial charge in [0.2, 0.25) is 5.91 Å². The van der Waals surface area contributed by atoms with E-state index in [1.807, 2.05) is 0 Å². The van der Waals surface area contributed by atoms with Crippen molar-refractivity contribution in [1.29, 1.82) is 0 Å². The molecular weight excluding hydrogens is 298 g/mol. The number of anilines is 1. The van der Waals surface area contributed by atoms with Crippen molar-refractivity contribution in [1.82, 2.24) is 10.2 Å². The summed E-state index contributed by atoms with van der Waals surface area (Å²) in [6.07, 6.45) is 5.73. The van der Waals surface area contributed by atoms with E-state index in [4.69, 9.17) is 0 Å². The minimum absolute atomic E-state index is 0.102. The van der Waals surface area contributed by atoms with Gasteiger partial charge in [0.1, 0.15) is 0 Å². The van der Waals surface area contributed by atoms with Crippen molar-refractivity contribution < 1.29 is 4.79 Å². The maximum Gasteiger partial charge on any atom is 0.237 e. The summed E-state index contributed by atoms with van der Waals surface area (Å²) in [6.45, 7) is 7.28. The van der Waals surface area contributed by atoms with Crippen LogP contribution in [0.2, 0.25) is 0 Å². The summed E-state index contributed by atoms with van der Waals surface area (Å²) < 4.78 is 0. The Morgan fingerprint density at radius 1 is 1.17 bits per heavy atom. The molecule has 0 bridgehead atoms. The number of piperidine rings is 1. The number of rotatable bonds is 6. The molecule has 1 amide bonds. The van der Waals surface area contributed by atoms with Crippen molar-refractivity contribution in [2.75, 3.05) is 37.6 Å². The monoisotopic (exact) mass is 329 g/mol. The quantitative estimate of drug-likeness (QED) is 0.872. The molecule has 1 aromatic carbocycles. The van der Waals surface area contributed by atoms with Gasteiger partial charge in [-0.2, -0.15) is 0 Å². The second-order valence-electron chi connectivity index (χ2n) is 7.23. The Bertz CT molecular complexity index is 517. The van der Waals surface area contributed by atoms with Crippen molar-refractivity contribution in [3.05, 3.63) is 30.3 Å². The molecule has 1 N–H and O–H groups in total. The standard InChI is InChI=1S/C20H31N3O/c1-2-12-22-13-7-6-10-19(22)20(24)21-15-17-11-14-23(16-17)18-8-4-3-5-9-18/h3-5,8-9,17,19H,2,6-7,10-16H2,1H3,(H,21,24). The second-order valence-corrected chi connectivity index (χ2v) is 7.23. The van der Waals surface area contributed by atoms with Gasteiger partial charge in [0, 0.05) is 25.3 Å². The van der Waals surface area contributed by atoms with Crippen molar-refractivity contribution in [2.24, 2.45) is 5.92 Å². The van der Waals surface area contributed by atoms with Crippen LogP contribution >= 0.6 is 0 Å². The zero-order chi connectivity index (χ0) is 16.8. The summed E-state index contributed by atoms with van der Waals surface area (Å²) in [5.74, 6) is 0.818. The fourth-order valence-electron chi connectivity index (χ4n) is 4.08. The Morgan fingerprint density at radius 3 is 2.79 bits per heavy atom. The zero-order valence-electron chi connectivity index (χ0n) is 14.9. The molecule has 2 unspecified atom stereocenters. The SMILES string of the molecule is CCCN1CCCCC1C(=O)NCC1CCN(c2ccccc2)C1. The number of para-hydroxylation sites is 1. The molecule has 2 aliphatic heterocycles. The lowest BCUT2D eigenvalue weighted by molar-refractivity contribution is -0.127. The lowest BCUT2D eigenvalue weighted by atomic mass is 10.0. The molecule has 2 saturated heterocycles. The number of amides is 1. The molecule has 0 aromatic heterocycles. The van der Waals surface area contributed by atoms with Crippen LogP contribution in [0, 0.1) is 5.92 Å². The fraction of sp³-hybridized carbons (Fsp3) is 0.650. The molecule has 2 atom stereocenters. The normalized spacial score (nSPS) is 25.0. The molecule has 2 aliphatic rings. The Morgan fingerprint density at radius 2 is 2.00 bits per heavy atom. The highest BCUT2D eigenvalue weighted by Gasteiger charge is 2.29. The lowest BCUT2D eigenvalue weighted by Crippen LogP contribution is -2.50. The summed E-state index contributed by atoms with van der Waals surface area (Å²) in [6, 6.07) is 10.7. The van der Waals surface area contributed by atoms with Crippen LogP contribution in [0.3, 0.4) is 0 Å². The number of nitrogens with one attached hydrogen (secondary N) is 1. The minimum Gasteiger partial charge on any atom is -0.371 e. The Balaban J connectivity index is 1.46. The third-order valence-corrected chi connectivity index (χ3v) is 5.40. The average Bonchev–Trinajstić information content (AvgIpc) is 3.10. The highest BCUT2D eigenvalue weighted by atomic mass is 16.2.